The molecule has 0 fully saturated rings. The van der Waals surface area contributed by atoms with Crippen LogP contribution in [0.3, 0.4) is 0 Å². The van der Waals surface area contributed by atoms with E-state index in [1.54, 1.807) is 6.08 Å². The molecule has 0 aromatic rings. The molecule has 0 amide bonds. The lowest BCUT2D eigenvalue weighted by molar-refractivity contribution is 0.659. The number of allylic oxidation sites excluding steroid dienone is 5. The quantitative estimate of drug-likeness (QED) is 0.465. The Balaban J connectivity index is 3.14. The minimum atomic E-state index is -1.16. The molecule has 0 saturated carbocycles. The molecule has 16 heavy (non-hydrogen) atoms. The summed E-state index contributed by atoms with van der Waals surface area (Å²) in [5.41, 5.74) is 0.377. The first-order valence-electron chi connectivity index (χ1n) is 4.18. The molecule has 1 aliphatic heterocycles. The van der Waals surface area contributed by atoms with Gasteiger partial charge < -0.3 is 5.32 Å². The van der Waals surface area contributed by atoms with Crippen molar-refractivity contribution in [3.63, 3.8) is 0 Å². The summed E-state index contributed by atoms with van der Waals surface area (Å²) < 4.78 is 26.1. The van der Waals surface area contributed by atoms with Crippen molar-refractivity contribution in [2.45, 2.75) is 0 Å². The van der Waals surface area contributed by atoms with E-state index in [9.17, 15) is 8.78 Å². The largest absolute Gasteiger partial charge is 0.341 e. The van der Waals surface area contributed by atoms with Crippen LogP contribution < -0.4 is 5.32 Å². The van der Waals surface area contributed by atoms with Crippen LogP contribution in [0.5, 0.6) is 0 Å². The molecule has 1 rings (SSSR count). The molecule has 3 nitrogen and oxygen atoms in total. The van der Waals surface area contributed by atoms with Gasteiger partial charge in [-0.1, -0.05) is 6.58 Å². The molecule has 1 heterocycles. The summed E-state index contributed by atoms with van der Waals surface area (Å²) in [6.07, 6.45) is 4.95. The maximum atomic E-state index is 13.1. The third kappa shape index (κ3) is 3.69. The Bertz CT molecular complexity index is 447. The van der Waals surface area contributed by atoms with E-state index in [0.717, 1.165) is 15.9 Å². The molecular formula is C10H8F2IN3. The van der Waals surface area contributed by atoms with E-state index in [-0.39, 0.29) is 5.57 Å². The fourth-order valence-electron chi connectivity index (χ4n) is 0.981. The van der Waals surface area contributed by atoms with Crippen LogP contribution in [0, 0.1) is 5.41 Å². The minimum Gasteiger partial charge on any atom is -0.341 e. The van der Waals surface area contributed by atoms with Crippen molar-refractivity contribution in [1.82, 2.24) is 5.32 Å². The molecule has 0 aliphatic carbocycles. The predicted octanol–water partition coefficient (Wildman–Crippen LogP) is 3.13. The first kappa shape index (κ1) is 12.8. The van der Waals surface area contributed by atoms with Crippen molar-refractivity contribution >= 4 is 34.9 Å². The average molecular weight is 335 g/mol. The van der Waals surface area contributed by atoms with Gasteiger partial charge in [-0.25, -0.2) is 9.38 Å². The molecule has 0 aromatic carbocycles. The number of aliphatic imine (C=N–C) groups is 1. The standard InChI is InChI=1S/C10H8F2IN3/c1-6(11)7(2-3-9(12)14)8-4-10(13)16-5-15-8/h2-5,14H,1H2,(H,15,16). The van der Waals surface area contributed by atoms with Crippen LogP contribution in [0.1, 0.15) is 0 Å². The van der Waals surface area contributed by atoms with Gasteiger partial charge in [0.25, 0.3) is 0 Å². The molecule has 6 heteroatoms. The van der Waals surface area contributed by atoms with Crippen LogP contribution in [0.4, 0.5) is 8.78 Å². The van der Waals surface area contributed by atoms with E-state index in [2.05, 4.69) is 16.9 Å². The Hall–Kier alpha value is -1.31. The fourth-order valence-corrected chi connectivity index (χ4v) is 1.42. The average Bonchev–Trinajstić information content (AvgIpc) is 2.17. The summed E-state index contributed by atoms with van der Waals surface area (Å²) in [7, 11) is 0. The maximum Gasteiger partial charge on any atom is 0.205 e. The molecule has 0 atom stereocenters. The lowest BCUT2D eigenvalue weighted by Gasteiger charge is -2.08. The van der Waals surface area contributed by atoms with E-state index in [1.165, 1.54) is 6.34 Å². The number of nitrogens with one attached hydrogen (secondary N) is 2. The van der Waals surface area contributed by atoms with Gasteiger partial charge in [0, 0.05) is 5.57 Å². The summed E-state index contributed by atoms with van der Waals surface area (Å²) >= 11 is 2.00. The Morgan fingerprint density at radius 1 is 1.50 bits per heavy atom. The lowest BCUT2D eigenvalue weighted by Crippen LogP contribution is -2.10. The van der Waals surface area contributed by atoms with Gasteiger partial charge in [-0.3, -0.25) is 5.41 Å². The second kappa shape index (κ2) is 5.69. The van der Waals surface area contributed by atoms with E-state index in [1.807, 2.05) is 22.6 Å². The fraction of sp³-hybridized carbons (Fsp3) is 0. The summed E-state index contributed by atoms with van der Waals surface area (Å²) in [4.78, 5) is 3.90. The number of hydrogen-bond donors (Lipinski definition) is 2. The Labute approximate surface area is 105 Å². The predicted molar refractivity (Wildman–Crippen MR) is 69.0 cm³/mol. The minimum absolute atomic E-state index is 0.0503. The topological polar surface area (TPSA) is 48.2 Å². The number of halogens is 3. The highest BCUT2D eigenvalue weighted by Crippen LogP contribution is 2.22. The van der Waals surface area contributed by atoms with Crippen LogP contribution in [0.2, 0.25) is 0 Å². The highest BCUT2D eigenvalue weighted by Gasteiger charge is 2.08. The number of rotatable bonds is 3. The Kier molecular flexibility index (Phi) is 4.53. The maximum absolute atomic E-state index is 13.1. The van der Waals surface area contributed by atoms with Gasteiger partial charge in [0.2, 0.25) is 5.97 Å². The molecular weight excluding hydrogens is 327 g/mol. The second-order valence-electron chi connectivity index (χ2n) is 2.78. The molecule has 2 N–H and O–H groups in total. The van der Waals surface area contributed by atoms with Crippen LogP contribution in [0.15, 0.2) is 50.6 Å². The van der Waals surface area contributed by atoms with E-state index < -0.39 is 11.8 Å². The van der Waals surface area contributed by atoms with Crippen LogP contribution in [-0.2, 0) is 0 Å². The molecule has 0 radical (unpaired) electrons. The Morgan fingerprint density at radius 2 is 2.19 bits per heavy atom. The highest BCUT2D eigenvalue weighted by molar-refractivity contribution is 14.1. The van der Waals surface area contributed by atoms with Crippen molar-refractivity contribution in [1.29, 1.82) is 5.41 Å². The van der Waals surface area contributed by atoms with Gasteiger partial charge in [0.15, 0.2) is 0 Å². The van der Waals surface area contributed by atoms with Crippen LogP contribution >= 0.6 is 22.6 Å². The monoisotopic (exact) mass is 335 g/mol. The molecule has 0 saturated heterocycles. The van der Waals surface area contributed by atoms with Gasteiger partial charge in [-0.15, -0.1) is 0 Å². The van der Waals surface area contributed by atoms with Gasteiger partial charge in [-0.05, 0) is 40.8 Å². The van der Waals surface area contributed by atoms with Crippen LogP contribution in [0.25, 0.3) is 0 Å². The summed E-state index contributed by atoms with van der Waals surface area (Å²) in [6, 6.07) is 0. The zero-order valence-electron chi connectivity index (χ0n) is 8.10. The first-order chi connectivity index (χ1) is 7.50. The molecule has 1 aliphatic rings. The Morgan fingerprint density at radius 3 is 2.69 bits per heavy atom. The van der Waals surface area contributed by atoms with E-state index >= 15 is 0 Å². The molecule has 0 spiro atoms. The summed E-state index contributed by atoms with van der Waals surface area (Å²) in [6.45, 7) is 3.14. The van der Waals surface area contributed by atoms with Crippen molar-refractivity contribution in [3.05, 3.63) is 45.6 Å². The summed E-state index contributed by atoms with van der Waals surface area (Å²) in [5.74, 6) is -1.89. The lowest BCUT2D eigenvalue weighted by atomic mass is 10.1. The zero-order valence-corrected chi connectivity index (χ0v) is 10.3. The highest BCUT2D eigenvalue weighted by atomic mass is 127. The van der Waals surface area contributed by atoms with Gasteiger partial charge in [0.1, 0.15) is 5.83 Å². The van der Waals surface area contributed by atoms with E-state index in [4.69, 9.17) is 5.41 Å². The van der Waals surface area contributed by atoms with Gasteiger partial charge in [0.05, 0.1) is 15.7 Å². The molecule has 0 aromatic heterocycles. The van der Waals surface area contributed by atoms with Crippen LogP contribution in [-0.4, -0.2) is 12.3 Å². The molecule has 84 valence electrons. The molecule has 0 bridgehead atoms. The summed E-state index contributed by atoms with van der Waals surface area (Å²) in [5, 5.41) is 9.39. The number of hydrogen-bond acceptors (Lipinski definition) is 3. The second-order valence-corrected chi connectivity index (χ2v) is 3.94. The number of nitrogens with zero attached hydrogens (tertiary/aromatic N) is 1. The van der Waals surface area contributed by atoms with Crippen molar-refractivity contribution in [2.75, 3.05) is 0 Å². The van der Waals surface area contributed by atoms with Gasteiger partial charge >= 0.3 is 0 Å². The first-order valence-corrected chi connectivity index (χ1v) is 5.26. The zero-order chi connectivity index (χ0) is 12.1. The smallest absolute Gasteiger partial charge is 0.205 e. The van der Waals surface area contributed by atoms with Gasteiger partial charge in [-0.2, -0.15) is 4.39 Å². The third-order valence-electron chi connectivity index (χ3n) is 1.63. The van der Waals surface area contributed by atoms with E-state index in [0.29, 0.717) is 5.70 Å². The van der Waals surface area contributed by atoms with Crippen molar-refractivity contribution < 1.29 is 8.78 Å². The SMILES string of the molecule is C=C(F)C(C=CC(=N)F)=C1C=C(I)NC=N1. The molecule has 0 unspecified atom stereocenters. The third-order valence-corrected chi connectivity index (χ3v) is 2.26. The van der Waals surface area contributed by atoms with Crippen molar-refractivity contribution in [2.24, 2.45) is 4.99 Å². The van der Waals surface area contributed by atoms with Crippen molar-refractivity contribution in [3.8, 4) is 0 Å². The normalized spacial score (nSPS) is 18.1.